The molecule has 1 amide bonds. The van der Waals surface area contributed by atoms with Crippen LogP contribution in [0.15, 0.2) is 71.1 Å². The van der Waals surface area contributed by atoms with Crippen LogP contribution in [0, 0.1) is 0 Å². The lowest BCUT2D eigenvalue weighted by Gasteiger charge is -2.11. The van der Waals surface area contributed by atoms with E-state index < -0.39 is 17.7 Å². The minimum atomic E-state index is -4.54. The van der Waals surface area contributed by atoms with Gasteiger partial charge in [-0.15, -0.1) is 0 Å². The monoisotopic (exact) mass is 473 g/mol. The van der Waals surface area contributed by atoms with E-state index in [1.807, 2.05) is 0 Å². The Hall–Kier alpha value is -4.15. The summed E-state index contributed by atoms with van der Waals surface area (Å²) in [5.74, 6) is 0.0383. The lowest BCUT2D eigenvalue weighted by atomic mass is 10.1. The molecule has 8 nitrogen and oxygen atoms in total. The fourth-order valence-electron chi connectivity index (χ4n) is 3.08. The van der Waals surface area contributed by atoms with E-state index in [1.165, 1.54) is 17.8 Å². The van der Waals surface area contributed by atoms with Gasteiger partial charge in [0.25, 0.3) is 5.89 Å². The quantitative estimate of drug-likeness (QED) is 0.367. The molecule has 11 heteroatoms. The van der Waals surface area contributed by atoms with Gasteiger partial charge in [-0.3, -0.25) is 9.48 Å². The molecule has 3 rings (SSSR count). The molecule has 0 saturated carbocycles. The van der Waals surface area contributed by atoms with Crippen LogP contribution in [0.5, 0.6) is 0 Å². The Morgan fingerprint density at radius 2 is 2.12 bits per heavy atom. The number of alkyl halides is 3. The minimum absolute atomic E-state index is 0.0510. The zero-order valence-electron chi connectivity index (χ0n) is 18.5. The number of primary amides is 1. The van der Waals surface area contributed by atoms with Crippen molar-refractivity contribution in [2.75, 3.05) is 0 Å². The standard InChI is InChI=1S/C23H22F3N5O3/c1-4-6-17(23(24,25)26)9-14(2)33-13-19-18(12-28-31(19)3)22-29-21(30-34-22)16-8-5-7-15(10-16)11-20(27)32/h4-10,12H,1,11,13H2,2-3H3,(H2,27,32)/b14-9+,17-6+. The normalized spacial score (nSPS) is 12.6. The van der Waals surface area contributed by atoms with E-state index in [4.69, 9.17) is 15.0 Å². The molecule has 0 aliphatic rings. The first-order valence-electron chi connectivity index (χ1n) is 10.0. The highest BCUT2D eigenvalue weighted by atomic mass is 19.4. The predicted octanol–water partition coefficient (Wildman–Crippen LogP) is 4.26. The van der Waals surface area contributed by atoms with Gasteiger partial charge in [0, 0.05) is 12.6 Å². The molecule has 178 valence electrons. The summed E-state index contributed by atoms with van der Waals surface area (Å²) in [6.45, 7) is 4.64. The molecule has 0 radical (unpaired) electrons. The third kappa shape index (κ3) is 6.00. The SMILES string of the molecule is C=C/C=C(\C=C(/C)OCc1c(-c2nc(-c3cccc(CC(N)=O)c3)no2)cnn1C)C(F)(F)F. The minimum Gasteiger partial charge on any atom is -0.492 e. The van der Waals surface area contributed by atoms with E-state index in [0.29, 0.717) is 22.4 Å². The number of aryl methyl sites for hydroxylation is 1. The van der Waals surface area contributed by atoms with Crippen molar-refractivity contribution < 1.29 is 27.2 Å². The van der Waals surface area contributed by atoms with Gasteiger partial charge >= 0.3 is 6.18 Å². The van der Waals surface area contributed by atoms with Crippen molar-refractivity contribution in [3.05, 3.63) is 77.9 Å². The average Bonchev–Trinajstić information content (AvgIpc) is 3.38. The van der Waals surface area contributed by atoms with Crippen molar-refractivity contribution in [2.45, 2.75) is 26.1 Å². The lowest BCUT2D eigenvalue weighted by molar-refractivity contribution is -0.117. The van der Waals surface area contributed by atoms with E-state index in [9.17, 15) is 18.0 Å². The molecule has 2 aromatic heterocycles. The summed E-state index contributed by atoms with van der Waals surface area (Å²) in [5.41, 5.74) is 6.69. The van der Waals surface area contributed by atoms with Crippen LogP contribution >= 0.6 is 0 Å². The molecule has 1 aromatic carbocycles. The van der Waals surface area contributed by atoms with Crippen LogP contribution in [0.1, 0.15) is 18.2 Å². The number of amides is 1. The third-order valence-corrected chi connectivity index (χ3v) is 4.70. The molecular formula is C23H22F3N5O3. The van der Waals surface area contributed by atoms with Gasteiger partial charge in [-0.2, -0.15) is 23.3 Å². The Morgan fingerprint density at radius 3 is 2.79 bits per heavy atom. The fourth-order valence-corrected chi connectivity index (χ4v) is 3.08. The highest BCUT2D eigenvalue weighted by Gasteiger charge is 2.32. The molecule has 3 aromatic rings. The number of carbonyl (C=O) groups excluding carboxylic acids is 1. The fraction of sp³-hybridized carbons (Fsp3) is 0.217. The van der Waals surface area contributed by atoms with E-state index >= 15 is 0 Å². The van der Waals surface area contributed by atoms with Crippen molar-refractivity contribution in [1.29, 1.82) is 0 Å². The third-order valence-electron chi connectivity index (χ3n) is 4.70. The zero-order valence-corrected chi connectivity index (χ0v) is 18.5. The predicted molar refractivity (Wildman–Crippen MR) is 118 cm³/mol. The molecule has 0 unspecified atom stereocenters. The maximum atomic E-state index is 13.1. The maximum absolute atomic E-state index is 13.1. The molecule has 0 saturated heterocycles. The van der Waals surface area contributed by atoms with Gasteiger partial charge in [0.05, 0.1) is 35.2 Å². The molecule has 0 atom stereocenters. The van der Waals surface area contributed by atoms with Gasteiger partial charge in [0.1, 0.15) is 6.61 Å². The Bertz CT molecular complexity index is 1250. The van der Waals surface area contributed by atoms with Gasteiger partial charge in [0.15, 0.2) is 0 Å². The van der Waals surface area contributed by atoms with E-state index in [-0.39, 0.29) is 30.5 Å². The van der Waals surface area contributed by atoms with Gasteiger partial charge in [-0.25, -0.2) is 0 Å². The Balaban J connectivity index is 1.81. The number of ether oxygens (including phenoxy) is 1. The van der Waals surface area contributed by atoms with Gasteiger partial charge < -0.3 is 15.0 Å². The van der Waals surface area contributed by atoms with E-state index in [2.05, 4.69) is 21.8 Å². The van der Waals surface area contributed by atoms with Crippen LogP contribution in [0.4, 0.5) is 13.2 Å². The second-order valence-corrected chi connectivity index (χ2v) is 7.29. The average molecular weight is 473 g/mol. The summed E-state index contributed by atoms with van der Waals surface area (Å²) in [7, 11) is 1.66. The van der Waals surface area contributed by atoms with E-state index in [0.717, 1.165) is 18.2 Å². The lowest BCUT2D eigenvalue weighted by Crippen LogP contribution is -2.13. The number of nitrogens with two attached hydrogens (primary N) is 1. The number of allylic oxidation sites excluding steroid dienone is 5. The Labute approximate surface area is 193 Å². The van der Waals surface area contributed by atoms with Crippen LogP contribution in [0.3, 0.4) is 0 Å². The molecule has 0 fully saturated rings. The molecule has 2 N–H and O–H groups in total. The summed E-state index contributed by atoms with van der Waals surface area (Å²) in [5, 5.41) is 8.14. The second-order valence-electron chi connectivity index (χ2n) is 7.29. The number of halogens is 3. The molecular weight excluding hydrogens is 451 g/mol. The van der Waals surface area contributed by atoms with Crippen molar-refractivity contribution in [2.24, 2.45) is 12.8 Å². The summed E-state index contributed by atoms with van der Waals surface area (Å²) in [6.07, 6.45) is -0.152. The van der Waals surface area contributed by atoms with Crippen molar-refractivity contribution in [3.63, 3.8) is 0 Å². The molecule has 0 spiro atoms. The van der Waals surface area contributed by atoms with E-state index in [1.54, 1.807) is 31.3 Å². The molecule has 0 aliphatic carbocycles. The Kier molecular flexibility index (Phi) is 7.34. The summed E-state index contributed by atoms with van der Waals surface area (Å²) >= 11 is 0. The van der Waals surface area contributed by atoms with Crippen LogP contribution in [0.25, 0.3) is 22.8 Å². The summed E-state index contributed by atoms with van der Waals surface area (Å²) < 4.78 is 51.7. The maximum Gasteiger partial charge on any atom is 0.416 e. The van der Waals surface area contributed by atoms with Crippen LogP contribution in [0.2, 0.25) is 0 Å². The summed E-state index contributed by atoms with van der Waals surface area (Å²) in [6, 6.07) is 7.00. The smallest absolute Gasteiger partial charge is 0.416 e. The molecule has 2 heterocycles. The van der Waals surface area contributed by atoms with Crippen molar-refractivity contribution >= 4 is 5.91 Å². The van der Waals surface area contributed by atoms with Gasteiger partial charge in [-0.05, 0) is 24.6 Å². The first kappa shape index (κ1) is 24.5. The van der Waals surface area contributed by atoms with Gasteiger partial charge in [-0.1, -0.05) is 42.1 Å². The Morgan fingerprint density at radius 1 is 1.35 bits per heavy atom. The van der Waals surface area contributed by atoms with Crippen LogP contribution in [-0.2, 0) is 29.6 Å². The molecule has 0 aliphatic heterocycles. The topological polar surface area (TPSA) is 109 Å². The zero-order chi connectivity index (χ0) is 24.9. The highest BCUT2D eigenvalue weighted by molar-refractivity contribution is 5.77. The molecule has 34 heavy (non-hydrogen) atoms. The van der Waals surface area contributed by atoms with Crippen LogP contribution in [-0.4, -0.2) is 32.0 Å². The van der Waals surface area contributed by atoms with Crippen molar-refractivity contribution in [1.82, 2.24) is 19.9 Å². The first-order valence-corrected chi connectivity index (χ1v) is 10.0. The number of nitrogens with zero attached hydrogens (tertiary/aromatic N) is 4. The molecule has 0 bridgehead atoms. The largest absolute Gasteiger partial charge is 0.492 e. The number of rotatable bonds is 9. The van der Waals surface area contributed by atoms with Crippen LogP contribution < -0.4 is 5.73 Å². The highest BCUT2D eigenvalue weighted by Crippen LogP contribution is 2.29. The summed E-state index contributed by atoms with van der Waals surface area (Å²) in [4.78, 5) is 15.6. The number of hydrogen-bond acceptors (Lipinski definition) is 6. The van der Waals surface area contributed by atoms with Crippen molar-refractivity contribution in [3.8, 4) is 22.8 Å². The number of aromatic nitrogens is 4. The number of carbonyl (C=O) groups is 1. The second kappa shape index (κ2) is 10.2. The first-order chi connectivity index (χ1) is 16.1. The number of benzene rings is 1. The van der Waals surface area contributed by atoms with Gasteiger partial charge in [0.2, 0.25) is 11.7 Å². The number of hydrogen-bond donors (Lipinski definition) is 1.